The van der Waals surface area contributed by atoms with Gasteiger partial charge in [-0.25, -0.2) is 9.07 Å². The third kappa shape index (κ3) is 3.44. The van der Waals surface area contributed by atoms with Crippen LogP contribution >= 0.6 is 0 Å². The lowest BCUT2D eigenvalue weighted by Gasteiger charge is -2.04. The quantitative estimate of drug-likeness (QED) is 0.600. The van der Waals surface area contributed by atoms with Crippen LogP contribution in [0.1, 0.15) is 5.56 Å². The van der Waals surface area contributed by atoms with E-state index in [-0.39, 0.29) is 18.3 Å². The number of amides is 1. The Kier molecular flexibility index (Phi) is 4.14. The molecule has 0 atom stereocenters. The number of fused-ring (bicyclic) bond motifs is 1. The first-order valence-electron chi connectivity index (χ1n) is 8.03. The van der Waals surface area contributed by atoms with Crippen molar-refractivity contribution in [2.75, 3.05) is 5.32 Å². The highest BCUT2D eigenvalue weighted by Crippen LogP contribution is 2.11. The van der Waals surface area contributed by atoms with Crippen LogP contribution in [-0.4, -0.2) is 30.7 Å². The summed E-state index contributed by atoms with van der Waals surface area (Å²) in [5.41, 5.74) is 2.45. The summed E-state index contributed by atoms with van der Waals surface area (Å²) in [7, 11) is 0. The first kappa shape index (κ1) is 15.9. The summed E-state index contributed by atoms with van der Waals surface area (Å²) in [5.74, 6) is -0.0722. The second-order valence-corrected chi connectivity index (χ2v) is 5.81. The van der Waals surface area contributed by atoms with Gasteiger partial charge in [-0.05, 0) is 29.8 Å². The van der Waals surface area contributed by atoms with E-state index in [1.807, 2.05) is 24.3 Å². The standard InChI is InChI=1S/C18H15FN6O/c19-14-7-5-13(6-8-14)11-24-10-9-17(22-24)20-18(26)12-25-16-4-2-1-3-15(16)21-23-25/h1-10H,11-12H2,(H,20,22,26). The van der Waals surface area contributed by atoms with Crippen LogP contribution in [0.5, 0.6) is 0 Å². The van der Waals surface area contributed by atoms with Gasteiger partial charge in [-0.15, -0.1) is 5.10 Å². The number of rotatable bonds is 5. The highest BCUT2D eigenvalue weighted by Gasteiger charge is 2.10. The SMILES string of the molecule is O=C(Cn1nnc2ccccc21)Nc1ccn(Cc2ccc(F)cc2)n1. The van der Waals surface area contributed by atoms with Crippen molar-refractivity contribution < 1.29 is 9.18 Å². The Morgan fingerprint density at radius 2 is 1.88 bits per heavy atom. The first-order chi connectivity index (χ1) is 12.7. The molecule has 0 radical (unpaired) electrons. The van der Waals surface area contributed by atoms with Crippen LogP contribution in [0.15, 0.2) is 60.8 Å². The number of para-hydroxylation sites is 1. The second kappa shape index (κ2) is 6.75. The summed E-state index contributed by atoms with van der Waals surface area (Å²) in [4.78, 5) is 12.2. The Bertz CT molecular complexity index is 1050. The largest absolute Gasteiger partial charge is 0.308 e. The Morgan fingerprint density at radius 3 is 2.73 bits per heavy atom. The molecule has 8 heteroatoms. The van der Waals surface area contributed by atoms with Gasteiger partial charge in [0.25, 0.3) is 0 Å². The number of hydrogen-bond donors (Lipinski definition) is 1. The van der Waals surface area contributed by atoms with Crippen molar-refractivity contribution in [3.05, 3.63) is 72.2 Å². The van der Waals surface area contributed by atoms with Crippen LogP contribution in [0.25, 0.3) is 11.0 Å². The molecule has 4 aromatic rings. The highest BCUT2D eigenvalue weighted by molar-refractivity contribution is 5.90. The summed E-state index contributed by atoms with van der Waals surface area (Å²) in [6, 6.07) is 15.4. The molecule has 4 rings (SSSR count). The Hall–Kier alpha value is -3.55. The van der Waals surface area contributed by atoms with Gasteiger partial charge in [0.1, 0.15) is 17.9 Å². The first-order valence-corrected chi connectivity index (χ1v) is 8.03. The van der Waals surface area contributed by atoms with Gasteiger partial charge in [-0.1, -0.05) is 29.5 Å². The van der Waals surface area contributed by atoms with Gasteiger partial charge in [-0.3, -0.25) is 9.48 Å². The van der Waals surface area contributed by atoms with E-state index in [1.165, 1.54) is 12.1 Å². The maximum atomic E-state index is 12.9. The van der Waals surface area contributed by atoms with Gasteiger partial charge in [0.05, 0.1) is 12.1 Å². The molecule has 0 aliphatic heterocycles. The predicted octanol–water partition coefficient (Wildman–Crippen LogP) is 2.45. The van der Waals surface area contributed by atoms with Gasteiger partial charge < -0.3 is 5.32 Å². The van der Waals surface area contributed by atoms with Crippen molar-refractivity contribution in [3.63, 3.8) is 0 Å². The average Bonchev–Trinajstić information content (AvgIpc) is 3.24. The maximum absolute atomic E-state index is 12.9. The molecule has 0 aliphatic rings. The molecule has 2 heterocycles. The maximum Gasteiger partial charge on any atom is 0.247 e. The Morgan fingerprint density at radius 1 is 1.08 bits per heavy atom. The molecule has 7 nitrogen and oxygen atoms in total. The predicted molar refractivity (Wildman–Crippen MR) is 93.9 cm³/mol. The minimum Gasteiger partial charge on any atom is -0.308 e. The van der Waals surface area contributed by atoms with E-state index in [0.717, 1.165) is 16.6 Å². The van der Waals surface area contributed by atoms with Crippen LogP contribution in [-0.2, 0) is 17.9 Å². The van der Waals surface area contributed by atoms with Crippen LogP contribution < -0.4 is 5.32 Å². The van der Waals surface area contributed by atoms with E-state index in [4.69, 9.17) is 0 Å². The fourth-order valence-corrected chi connectivity index (χ4v) is 2.65. The van der Waals surface area contributed by atoms with Gasteiger partial charge in [0.15, 0.2) is 5.82 Å². The number of carbonyl (C=O) groups is 1. The lowest BCUT2D eigenvalue weighted by molar-refractivity contribution is -0.116. The molecule has 26 heavy (non-hydrogen) atoms. The van der Waals surface area contributed by atoms with Crippen molar-refractivity contribution in [3.8, 4) is 0 Å². The molecule has 0 saturated heterocycles. The molecule has 130 valence electrons. The van der Waals surface area contributed by atoms with Gasteiger partial charge in [-0.2, -0.15) is 5.10 Å². The zero-order chi connectivity index (χ0) is 17.9. The monoisotopic (exact) mass is 350 g/mol. The highest BCUT2D eigenvalue weighted by atomic mass is 19.1. The van der Waals surface area contributed by atoms with E-state index in [2.05, 4.69) is 20.7 Å². The molecular formula is C18H15FN6O. The molecule has 2 aromatic heterocycles. The number of benzene rings is 2. The van der Waals surface area contributed by atoms with Crippen molar-refractivity contribution >= 4 is 22.8 Å². The van der Waals surface area contributed by atoms with E-state index in [1.54, 1.807) is 33.8 Å². The van der Waals surface area contributed by atoms with Crippen molar-refractivity contribution in [1.29, 1.82) is 0 Å². The number of anilines is 1. The van der Waals surface area contributed by atoms with E-state index >= 15 is 0 Å². The lowest BCUT2D eigenvalue weighted by atomic mass is 10.2. The summed E-state index contributed by atoms with van der Waals surface area (Å²) in [5, 5.41) is 15.1. The van der Waals surface area contributed by atoms with Crippen LogP contribution in [0.3, 0.4) is 0 Å². The minimum atomic E-state index is -0.275. The molecule has 0 bridgehead atoms. The molecule has 1 N–H and O–H groups in total. The molecular weight excluding hydrogens is 335 g/mol. The Labute approximate surface area is 148 Å². The molecule has 0 unspecified atom stereocenters. The fraction of sp³-hybridized carbons (Fsp3) is 0.111. The zero-order valence-electron chi connectivity index (χ0n) is 13.7. The van der Waals surface area contributed by atoms with Gasteiger partial charge in [0, 0.05) is 12.3 Å². The van der Waals surface area contributed by atoms with Crippen molar-refractivity contribution in [2.45, 2.75) is 13.1 Å². The van der Waals surface area contributed by atoms with E-state index < -0.39 is 0 Å². The van der Waals surface area contributed by atoms with Gasteiger partial charge >= 0.3 is 0 Å². The summed E-state index contributed by atoms with van der Waals surface area (Å²) in [6.07, 6.45) is 1.75. The van der Waals surface area contributed by atoms with Crippen molar-refractivity contribution in [2.24, 2.45) is 0 Å². The number of carbonyl (C=O) groups excluding carboxylic acids is 1. The minimum absolute atomic E-state index is 0.0470. The molecule has 0 spiro atoms. The molecule has 0 aliphatic carbocycles. The summed E-state index contributed by atoms with van der Waals surface area (Å²) in [6.45, 7) is 0.537. The van der Waals surface area contributed by atoms with Crippen LogP contribution in [0.2, 0.25) is 0 Å². The molecule has 0 fully saturated rings. The lowest BCUT2D eigenvalue weighted by Crippen LogP contribution is -2.20. The van der Waals surface area contributed by atoms with Crippen LogP contribution in [0, 0.1) is 5.82 Å². The number of aromatic nitrogens is 5. The fourth-order valence-electron chi connectivity index (χ4n) is 2.65. The molecule has 1 amide bonds. The normalized spacial score (nSPS) is 11.0. The number of halogens is 1. The molecule has 0 saturated carbocycles. The third-order valence-electron chi connectivity index (χ3n) is 3.88. The molecule has 2 aromatic carbocycles. The summed E-state index contributed by atoms with van der Waals surface area (Å²) >= 11 is 0. The average molecular weight is 350 g/mol. The topological polar surface area (TPSA) is 77.6 Å². The Balaban J connectivity index is 1.40. The number of nitrogens with zero attached hydrogens (tertiary/aromatic N) is 5. The third-order valence-corrected chi connectivity index (χ3v) is 3.88. The number of hydrogen-bond acceptors (Lipinski definition) is 4. The second-order valence-electron chi connectivity index (χ2n) is 5.81. The van der Waals surface area contributed by atoms with E-state index in [0.29, 0.717) is 12.4 Å². The van der Waals surface area contributed by atoms with Crippen molar-refractivity contribution in [1.82, 2.24) is 24.8 Å². The summed E-state index contributed by atoms with van der Waals surface area (Å²) < 4.78 is 16.2. The zero-order valence-corrected chi connectivity index (χ0v) is 13.7. The number of nitrogens with one attached hydrogen (secondary N) is 1. The van der Waals surface area contributed by atoms with E-state index in [9.17, 15) is 9.18 Å². The van der Waals surface area contributed by atoms with Crippen LogP contribution in [0.4, 0.5) is 10.2 Å². The smallest absolute Gasteiger partial charge is 0.247 e. The van der Waals surface area contributed by atoms with Gasteiger partial charge in [0.2, 0.25) is 5.91 Å².